The molecule has 1 atom stereocenters. The maximum atomic E-state index is 3.75. The molecular weight excluding hydrogens is 220 g/mol. The molecule has 0 spiro atoms. The van der Waals surface area contributed by atoms with E-state index in [9.17, 15) is 0 Å². The summed E-state index contributed by atoms with van der Waals surface area (Å²) in [5.41, 5.74) is 0. The molecule has 0 heterocycles. The summed E-state index contributed by atoms with van der Waals surface area (Å²) in [5.74, 6) is 0. The second kappa shape index (κ2) is 7.49. The average Bonchev–Trinajstić information content (AvgIpc) is 3.22. The lowest BCUT2D eigenvalue weighted by Crippen LogP contribution is -2.48. The van der Waals surface area contributed by atoms with Crippen LogP contribution in [0.25, 0.3) is 0 Å². The van der Waals surface area contributed by atoms with Crippen molar-refractivity contribution in [2.45, 2.75) is 89.8 Å². The summed E-state index contributed by atoms with van der Waals surface area (Å²) in [6.07, 6.45) is 12.8. The quantitative estimate of drug-likeness (QED) is 0.710. The van der Waals surface area contributed by atoms with E-state index in [0.29, 0.717) is 0 Å². The molecule has 2 nitrogen and oxygen atoms in total. The van der Waals surface area contributed by atoms with E-state index in [1.165, 1.54) is 70.9 Å². The Morgan fingerprint density at radius 1 is 1.06 bits per heavy atom. The predicted octanol–water partition coefficient (Wildman–Crippen LogP) is 3.56. The molecule has 0 aromatic heterocycles. The highest BCUT2D eigenvalue weighted by atomic mass is 15.2. The van der Waals surface area contributed by atoms with Crippen molar-refractivity contribution in [3.05, 3.63) is 0 Å². The van der Waals surface area contributed by atoms with Crippen molar-refractivity contribution in [3.8, 4) is 0 Å². The van der Waals surface area contributed by atoms with Crippen LogP contribution in [0.15, 0.2) is 0 Å². The molecule has 106 valence electrons. The van der Waals surface area contributed by atoms with Crippen LogP contribution in [0.1, 0.15) is 71.6 Å². The Morgan fingerprint density at radius 2 is 1.78 bits per heavy atom. The molecule has 2 aliphatic rings. The van der Waals surface area contributed by atoms with Gasteiger partial charge in [0.1, 0.15) is 0 Å². The number of nitrogens with zero attached hydrogens (tertiary/aromatic N) is 1. The van der Waals surface area contributed by atoms with Gasteiger partial charge in [-0.15, -0.1) is 0 Å². The van der Waals surface area contributed by atoms with Gasteiger partial charge in [-0.05, 0) is 38.6 Å². The summed E-state index contributed by atoms with van der Waals surface area (Å²) in [6.45, 7) is 7.15. The van der Waals surface area contributed by atoms with Gasteiger partial charge in [0.2, 0.25) is 0 Å². The average molecular weight is 252 g/mol. The van der Waals surface area contributed by atoms with E-state index in [0.717, 1.165) is 18.1 Å². The molecule has 2 heteroatoms. The van der Waals surface area contributed by atoms with E-state index in [4.69, 9.17) is 0 Å². The third-order valence-corrected chi connectivity index (χ3v) is 4.72. The second-order valence-electron chi connectivity index (χ2n) is 6.25. The van der Waals surface area contributed by atoms with Gasteiger partial charge in [0.25, 0.3) is 0 Å². The molecule has 0 aliphatic heterocycles. The number of likely N-dealkylation sites (N-methyl/N-ethyl adjacent to an activating group) is 1. The van der Waals surface area contributed by atoms with E-state index in [-0.39, 0.29) is 0 Å². The van der Waals surface area contributed by atoms with Gasteiger partial charge >= 0.3 is 0 Å². The van der Waals surface area contributed by atoms with Crippen LogP contribution in [0.3, 0.4) is 0 Å². The molecule has 0 aromatic carbocycles. The van der Waals surface area contributed by atoms with Gasteiger partial charge < -0.3 is 5.32 Å². The fraction of sp³-hybridized carbons (Fsp3) is 1.00. The first-order valence-corrected chi connectivity index (χ1v) is 8.34. The highest BCUT2D eigenvalue weighted by Gasteiger charge is 2.28. The fourth-order valence-electron chi connectivity index (χ4n) is 3.54. The maximum Gasteiger partial charge on any atom is 0.0223 e. The minimum absolute atomic E-state index is 0.781. The van der Waals surface area contributed by atoms with E-state index in [1.807, 2.05) is 0 Å². The first-order chi connectivity index (χ1) is 8.85. The van der Waals surface area contributed by atoms with E-state index in [1.54, 1.807) is 0 Å². The lowest BCUT2D eigenvalue weighted by molar-refractivity contribution is 0.103. The summed E-state index contributed by atoms with van der Waals surface area (Å²) < 4.78 is 0. The Hall–Kier alpha value is -0.0800. The van der Waals surface area contributed by atoms with Crippen molar-refractivity contribution in [1.29, 1.82) is 0 Å². The number of hydrogen-bond donors (Lipinski definition) is 1. The highest BCUT2D eigenvalue weighted by Crippen LogP contribution is 2.26. The molecule has 1 unspecified atom stereocenters. The molecule has 2 fully saturated rings. The van der Waals surface area contributed by atoms with Gasteiger partial charge in [-0.1, -0.05) is 39.5 Å². The van der Waals surface area contributed by atoms with Crippen LogP contribution >= 0.6 is 0 Å². The molecule has 18 heavy (non-hydrogen) atoms. The summed E-state index contributed by atoms with van der Waals surface area (Å²) in [5, 5.41) is 3.75. The predicted molar refractivity (Wildman–Crippen MR) is 79.0 cm³/mol. The molecule has 0 bridgehead atoms. The maximum absolute atomic E-state index is 3.75. The van der Waals surface area contributed by atoms with Gasteiger partial charge in [-0.25, -0.2) is 0 Å². The standard InChI is InChI=1S/C16H32N2/c1-3-8-16(13-17-14-11-12-14)18(4-2)15-9-6-5-7-10-15/h14-17H,3-13H2,1-2H3. The molecule has 0 saturated heterocycles. The molecular formula is C16H32N2. The van der Waals surface area contributed by atoms with Crippen LogP contribution in [0.5, 0.6) is 0 Å². The van der Waals surface area contributed by atoms with Gasteiger partial charge in [-0.3, -0.25) is 4.90 Å². The van der Waals surface area contributed by atoms with Crippen molar-refractivity contribution in [3.63, 3.8) is 0 Å². The lowest BCUT2D eigenvalue weighted by atomic mass is 9.92. The molecule has 0 radical (unpaired) electrons. The van der Waals surface area contributed by atoms with Crippen LogP contribution in [0.4, 0.5) is 0 Å². The smallest absolute Gasteiger partial charge is 0.0223 e. The largest absolute Gasteiger partial charge is 0.312 e. The van der Waals surface area contributed by atoms with Crippen molar-refractivity contribution >= 4 is 0 Å². The summed E-state index contributed by atoms with van der Waals surface area (Å²) >= 11 is 0. The van der Waals surface area contributed by atoms with E-state index >= 15 is 0 Å². The minimum atomic E-state index is 0.781. The SMILES string of the molecule is CCCC(CNC1CC1)N(CC)C1CCCCC1. The summed E-state index contributed by atoms with van der Waals surface area (Å²) in [7, 11) is 0. The topological polar surface area (TPSA) is 15.3 Å². The second-order valence-corrected chi connectivity index (χ2v) is 6.25. The Morgan fingerprint density at radius 3 is 2.33 bits per heavy atom. The van der Waals surface area contributed by atoms with Crippen LogP contribution in [-0.4, -0.2) is 36.1 Å². The zero-order valence-electron chi connectivity index (χ0n) is 12.5. The Kier molecular flexibility index (Phi) is 5.97. The molecule has 2 rings (SSSR count). The molecule has 1 N–H and O–H groups in total. The Bertz CT molecular complexity index is 219. The van der Waals surface area contributed by atoms with Gasteiger partial charge in [0, 0.05) is 24.7 Å². The summed E-state index contributed by atoms with van der Waals surface area (Å²) in [4.78, 5) is 2.82. The monoisotopic (exact) mass is 252 g/mol. The van der Waals surface area contributed by atoms with Crippen molar-refractivity contribution in [2.24, 2.45) is 0 Å². The van der Waals surface area contributed by atoms with Crippen molar-refractivity contribution in [1.82, 2.24) is 10.2 Å². The van der Waals surface area contributed by atoms with Crippen LogP contribution in [0, 0.1) is 0 Å². The molecule has 2 saturated carbocycles. The van der Waals surface area contributed by atoms with Crippen LogP contribution < -0.4 is 5.32 Å². The summed E-state index contributed by atoms with van der Waals surface area (Å²) in [6, 6.07) is 2.51. The molecule has 0 aromatic rings. The first-order valence-electron chi connectivity index (χ1n) is 8.34. The Balaban J connectivity index is 1.85. The number of hydrogen-bond acceptors (Lipinski definition) is 2. The van der Waals surface area contributed by atoms with Crippen molar-refractivity contribution in [2.75, 3.05) is 13.1 Å². The Labute approximate surface area is 114 Å². The highest BCUT2D eigenvalue weighted by molar-refractivity contribution is 4.86. The van der Waals surface area contributed by atoms with Gasteiger partial charge in [-0.2, -0.15) is 0 Å². The number of nitrogens with one attached hydrogen (secondary N) is 1. The van der Waals surface area contributed by atoms with Crippen LogP contribution in [0.2, 0.25) is 0 Å². The third kappa shape index (κ3) is 4.24. The van der Waals surface area contributed by atoms with E-state index in [2.05, 4.69) is 24.1 Å². The van der Waals surface area contributed by atoms with Gasteiger partial charge in [0.05, 0.1) is 0 Å². The fourth-order valence-corrected chi connectivity index (χ4v) is 3.54. The third-order valence-electron chi connectivity index (χ3n) is 4.72. The first kappa shape index (κ1) is 14.3. The zero-order chi connectivity index (χ0) is 12.8. The van der Waals surface area contributed by atoms with Crippen molar-refractivity contribution < 1.29 is 0 Å². The molecule has 2 aliphatic carbocycles. The molecule has 0 amide bonds. The minimum Gasteiger partial charge on any atom is -0.312 e. The normalized spacial score (nSPS) is 23.5. The van der Waals surface area contributed by atoms with Gasteiger partial charge in [0.15, 0.2) is 0 Å². The lowest BCUT2D eigenvalue weighted by Gasteiger charge is -2.39. The number of rotatable bonds is 8. The van der Waals surface area contributed by atoms with E-state index < -0.39 is 0 Å². The van der Waals surface area contributed by atoms with Crippen LogP contribution in [-0.2, 0) is 0 Å². The zero-order valence-corrected chi connectivity index (χ0v) is 12.5.